The van der Waals surface area contributed by atoms with E-state index in [-0.39, 0.29) is 0 Å². The van der Waals surface area contributed by atoms with Gasteiger partial charge in [-0.2, -0.15) is 0 Å². The van der Waals surface area contributed by atoms with Gasteiger partial charge in [0.15, 0.2) is 17.5 Å². The Morgan fingerprint density at radius 3 is 1.84 bits per heavy atom. The molecule has 11 rings (SSSR count). The van der Waals surface area contributed by atoms with Crippen LogP contribution in [0.3, 0.4) is 0 Å². The average molecular weight is 638 g/mol. The van der Waals surface area contributed by atoms with Gasteiger partial charge < -0.3 is 4.57 Å². The Balaban J connectivity index is 1.27. The Morgan fingerprint density at radius 1 is 0.440 bits per heavy atom. The van der Waals surface area contributed by atoms with E-state index in [1.54, 1.807) is 0 Å². The summed E-state index contributed by atoms with van der Waals surface area (Å²) in [7, 11) is 0. The molecule has 232 valence electrons. The molecule has 0 bridgehead atoms. The first-order chi connectivity index (χ1) is 25.2. The molecular weight excluding hydrogens is 609 g/mol. The van der Waals surface area contributed by atoms with E-state index < -0.39 is 5.41 Å². The number of para-hydroxylation sites is 3. The van der Waals surface area contributed by atoms with Crippen molar-refractivity contribution in [3.63, 3.8) is 0 Å². The Bertz CT molecular complexity index is 2820. The third-order valence-corrected chi connectivity index (χ3v) is 10.6. The lowest BCUT2D eigenvalue weighted by atomic mass is 9.65. The standard InChI is InChI=1S/C46H28N4/c1-3-15-29(16-4-1)43-47-44(30-17-5-2-6-18-30)49-45(48-43)34-22-14-25-37-41(34)33-20-7-9-23-35(33)46(37)36-24-10-12-28-40(36)50-39-27-11-8-19-31(39)32-21-13-26-38(46)42(32)50/h1-28H/i10D. The van der Waals surface area contributed by atoms with Gasteiger partial charge in [-0.25, -0.2) is 15.0 Å². The highest BCUT2D eigenvalue weighted by Crippen LogP contribution is 2.62. The Morgan fingerprint density at radius 2 is 1.04 bits per heavy atom. The summed E-state index contributed by atoms with van der Waals surface area (Å²) >= 11 is 0. The number of aromatic nitrogens is 4. The molecule has 0 amide bonds. The maximum atomic E-state index is 8.96. The fraction of sp³-hybridized carbons (Fsp3) is 0.0217. The molecule has 0 fully saturated rings. The van der Waals surface area contributed by atoms with Crippen molar-refractivity contribution in [1.29, 1.82) is 0 Å². The molecule has 3 heterocycles. The summed E-state index contributed by atoms with van der Waals surface area (Å²) in [5, 5.41) is 2.45. The zero-order valence-corrected chi connectivity index (χ0v) is 26.9. The number of nitrogens with zero attached hydrogens (tertiary/aromatic N) is 4. The lowest BCUT2D eigenvalue weighted by Crippen LogP contribution is -2.33. The van der Waals surface area contributed by atoms with Gasteiger partial charge in [-0.05, 0) is 45.5 Å². The largest absolute Gasteiger partial charge is 0.309 e. The molecule has 0 saturated carbocycles. The topological polar surface area (TPSA) is 43.6 Å². The quantitative estimate of drug-likeness (QED) is 0.194. The van der Waals surface area contributed by atoms with Gasteiger partial charge in [0.2, 0.25) is 0 Å². The maximum Gasteiger partial charge on any atom is 0.164 e. The van der Waals surface area contributed by atoms with Crippen molar-refractivity contribution in [3.05, 3.63) is 192 Å². The van der Waals surface area contributed by atoms with Gasteiger partial charge in [0.25, 0.3) is 0 Å². The first kappa shape index (κ1) is 26.3. The molecule has 1 spiro atoms. The Hall–Kier alpha value is -6.65. The summed E-state index contributed by atoms with van der Waals surface area (Å²) in [6.45, 7) is 0. The summed E-state index contributed by atoms with van der Waals surface area (Å²) < 4.78 is 11.4. The minimum atomic E-state index is -0.671. The highest BCUT2D eigenvalue weighted by atomic mass is 15.0. The molecule has 2 aliphatic rings. The van der Waals surface area contributed by atoms with E-state index in [1.807, 2.05) is 66.7 Å². The van der Waals surface area contributed by atoms with Crippen LogP contribution in [0.15, 0.2) is 170 Å². The molecule has 7 aromatic carbocycles. The predicted molar refractivity (Wildman–Crippen MR) is 201 cm³/mol. The number of hydrogen-bond acceptors (Lipinski definition) is 3. The summed E-state index contributed by atoms with van der Waals surface area (Å²) in [5.74, 6) is 1.90. The second kappa shape index (κ2) is 10.2. The van der Waals surface area contributed by atoms with E-state index in [1.165, 1.54) is 38.5 Å². The molecule has 0 saturated heterocycles. The smallest absolute Gasteiger partial charge is 0.164 e. The van der Waals surface area contributed by atoms with Crippen LogP contribution in [0.2, 0.25) is 0 Å². The summed E-state index contributed by atoms with van der Waals surface area (Å²) in [6, 6.07) is 57.6. The maximum absolute atomic E-state index is 8.96. The molecule has 0 N–H and O–H groups in total. The van der Waals surface area contributed by atoms with Crippen LogP contribution < -0.4 is 0 Å². The van der Waals surface area contributed by atoms with Crippen LogP contribution in [0.1, 0.15) is 23.6 Å². The minimum absolute atomic E-state index is 0.486. The van der Waals surface area contributed by atoms with Gasteiger partial charge in [0, 0.05) is 27.5 Å². The molecule has 1 unspecified atom stereocenters. The zero-order valence-electron chi connectivity index (χ0n) is 27.9. The zero-order chi connectivity index (χ0) is 33.7. The van der Waals surface area contributed by atoms with Crippen LogP contribution in [-0.2, 0) is 5.41 Å². The van der Waals surface area contributed by atoms with E-state index in [9.17, 15) is 0 Å². The third kappa shape index (κ3) is 3.52. The van der Waals surface area contributed by atoms with E-state index in [4.69, 9.17) is 16.3 Å². The van der Waals surface area contributed by atoms with Crippen molar-refractivity contribution in [3.8, 4) is 51.0 Å². The first-order valence-electron chi connectivity index (χ1n) is 17.5. The predicted octanol–water partition coefficient (Wildman–Crippen LogP) is 10.6. The van der Waals surface area contributed by atoms with Gasteiger partial charge >= 0.3 is 0 Å². The van der Waals surface area contributed by atoms with Crippen LogP contribution >= 0.6 is 0 Å². The number of hydrogen-bond donors (Lipinski definition) is 0. The van der Waals surface area contributed by atoms with Crippen molar-refractivity contribution < 1.29 is 1.37 Å². The first-order valence-corrected chi connectivity index (χ1v) is 17.0. The van der Waals surface area contributed by atoms with Gasteiger partial charge in [-0.3, -0.25) is 0 Å². The van der Waals surface area contributed by atoms with Crippen LogP contribution in [0.4, 0.5) is 0 Å². The van der Waals surface area contributed by atoms with Crippen LogP contribution in [0.5, 0.6) is 0 Å². The van der Waals surface area contributed by atoms with E-state index in [2.05, 4.69) is 102 Å². The minimum Gasteiger partial charge on any atom is -0.309 e. The lowest BCUT2D eigenvalue weighted by molar-refractivity contribution is 0.748. The van der Waals surface area contributed by atoms with Crippen LogP contribution in [-0.4, -0.2) is 19.5 Å². The molecule has 4 nitrogen and oxygen atoms in total. The Kier molecular flexibility index (Phi) is 5.36. The number of fused-ring (bicyclic) bond motifs is 12. The lowest BCUT2D eigenvalue weighted by Gasteiger charge is -2.39. The normalized spacial score (nSPS) is 15.6. The van der Waals surface area contributed by atoms with Crippen molar-refractivity contribution in [2.24, 2.45) is 0 Å². The number of benzene rings is 7. The van der Waals surface area contributed by atoms with Gasteiger partial charge in [-0.15, -0.1) is 0 Å². The summed E-state index contributed by atoms with van der Waals surface area (Å²) in [5.41, 5.74) is 12.6. The van der Waals surface area contributed by atoms with Crippen molar-refractivity contribution in [2.75, 3.05) is 0 Å². The van der Waals surface area contributed by atoms with Crippen molar-refractivity contribution >= 4 is 21.8 Å². The van der Waals surface area contributed by atoms with Crippen molar-refractivity contribution in [2.45, 2.75) is 5.41 Å². The van der Waals surface area contributed by atoms with Crippen molar-refractivity contribution in [1.82, 2.24) is 19.5 Å². The SMILES string of the molecule is [2H]c1ccc2c(c1)C1(c3ccccc3-c3c(-c4nc(-c5ccccc5)nc(-c5ccccc5)n4)cccc31)c1cccc3c4ccccc4n-2c13. The molecule has 1 atom stereocenters. The number of rotatable bonds is 3. The summed E-state index contributed by atoms with van der Waals surface area (Å²) in [6.07, 6.45) is 0. The Labute approximate surface area is 290 Å². The summed E-state index contributed by atoms with van der Waals surface area (Å²) in [4.78, 5) is 15.4. The highest BCUT2D eigenvalue weighted by Gasteiger charge is 2.51. The molecule has 2 aromatic heterocycles. The molecule has 1 aliphatic heterocycles. The fourth-order valence-corrected chi connectivity index (χ4v) is 8.66. The second-order valence-electron chi connectivity index (χ2n) is 13.1. The van der Waals surface area contributed by atoms with E-state index in [0.29, 0.717) is 23.5 Å². The third-order valence-electron chi connectivity index (χ3n) is 10.6. The monoisotopic (exact) mass is 637 g/mol. The highest BCUT2D eigenvalue weighted by molar-refractivity contribution is 6.13. The van der Waals surface area contributed by atoms with Crippen LogP contribution in [0, 0.1) is 0 Å². The van der Waals surface area contributed by atoms with Crippen LogP contribution in [0.25, 0.3) is 72.8 Å². The second-order valence-corrected chi connectivity index (χ2v) is 13.1. The van der Waals surface area contributed by atoms with Gasteiger partial charge in [0.1, 0.15) is 0 Å². The average Bonchev–Trinajstić information content (AvgIpc) is 3.69. The molecule has 9 aromatic rings. The molecule has 50 heavy (non-hydrogen) atoms. The van der Waals surface area contributed by atoms with E-state index >= 15 is 0 Å². The molecule has 1 aliphatic carbocycles. The molecule has 4 heteroatoms. The molecular formula is C46H28N4. The molecule has 0 radical (unpaired) electrons. The van der Waals surface area contributed by atoms with E-state index in [0.717, 1.165) is 39.1 Å². The van der Waals surface area contributed by atoms with Gasteiger partial charge in [0.05, 0.1) is 23.5 Å². The van der Waals surface area contributed by atoms with Gasteiger partial charge in [-0.1, -0.05) is 158 Å². The fourth-order valence-electron chi connectivity index (χ4n) is 8.66.